The molecule has 0 spiro atoms. The average molecular weight is 167 g/mol. The van der Waals surface area contributed by atoms with E-state index in [1.54, 1.807) is 13.2 Å². The van der Waals surface area contributed by atoms with Gasteiger partial charge in [-0.1, -0.05) is 6.07 Å². The molecular formula is C9H13NO2. The number of aromatic nitrogens is 1. The summed E-state index contributed by atoms with van der Waals surface area (Å²) in [6, 6.07) is 5.44. The first kappa shape index (κ1) is 8.84. The molecule has 1 aromatic rings. The summed E-state index contributed by atoms with van der Waals surface area (Å²) in [7, 11) is 1.58. The molecule has 0 atom stereocenters. The maximum Gasteiger partial charge on any atom is 0.216 e. The number of hydrogen-bond donors (Lipinski definition) is 0. The topological polar surface area (TPSA) is 31.4 Å². The summed E-state index contributed by atoms with van der Waals surface area (Å²) in [5.74, 6) is 1.18. The van der Waals surface area contributed by atoms with Crippen LogP contribution in [0, 0.1) is 0 Å². The molecule has 1 aromatic heterocycles. The zero-order valence-electron chi connectivity index (χ0n) is 7.57. The van der Waals surface area contributed by atoms with Crippen molar-refractivity contribution in [3.8, 4) is 11.8 Å². The highest BCUT2D eigenvalue weighted by Crippen LogP contribution is 2.13. The molecule has 3 heteroatoms. The third kappa shape index (κ3) is 2.42. The zero-order valence-corrected chi connectivity index (χ0v) is 7.57. The van der Waals surface area contributed by atoms with Gasteiger partial charge in [0.05, 0.1) is 13.2 Å². The largest absolute Gasteiger partial charge is 0.481 e. The lowest BCUT2D eigenvalue weighted by atomic mass is 10.4. The Balaban J connectivity index is 2.72. The van der Waals surface area contributed by atoms with Crippen molar-refractivity contribution < 1.29 is 9.47 Å². The van der Waals surface area contributed by atoms with Crippen molar-refractivity contribution in [1.29, 1.82) is 0 Å². The Hall–Kier alpha value is -1.25. The van der Waals surface area contributed by atoms with Crippen molar-refractivity contribution in [2.45, 2.75) is 20.0 Å². The molecule has 0 fully saturated rings. The van der Waals surface area contributed by atoms with Crippen LogP contribution in [0.4, 0.5) is 0 Å². The number of nitrogens with zero attached hydrogens (tertiary/aromatic N) is 1. The van der Waals surface area contributed by atoms with Gasteiger partial charge in [0.15, 0.2) is 0 Å². The lowest BCUT2D eigenvalue weighted by Crippen LogP contribution is -2.06. The Labute approximate surface area is 72.3 Å². The van der Waals surface area contributed by atoms with Crippen molar-refractivity contribution in [2.75, 3.05) is 7.11 Å². The van der Waals surface area contributed by atoms with Crippen LogP contribution in [0.1, 0.15) is 13.8 Å². The van der Waals surface area contributed by atoms with Crippen LogP contribution in [0.25, 0.3) is 0 Å². The van der Waals surface area contributed by atoms with Gasteiger partial charge in [-0.05, 0) is 13.8 Å². The summed E-state index contributed by atoms with van der Waals surface area (Å²) >= 11 is 0. The Morgan fingerprint density at radius 1 is 1.25 bits per heavy atom. The fourth-order valence-electron chi connectivity index (χ4n) is 0.817. The van der Waals surface area contributed by atoms with Crippen LogP contribution in [0.15, 0.2) is 18.2 Å². The SMILES string of the molecule is COc1cccc(OC(C)C)n1. The fourth-order valence-corrected chi connectivity index (χ4v) is 0.817. The van der Waals surface area contributed by atoms with E-state index in [1.165, 1.54) is 0 Å². The Morgan fingerprint density at radius 3 is 2.50 bits per heavy atom. The molecule has 0 aliphatic heterocycles. The van der Waals surface area contributed by atoms with E-state index in [0.717, 1.165) is 0 Å². The van der Waals surface area contributed by atoms with Gasteiger partial charge < -0.3 is 9.47 Å². The van der Waals surface area contributed by atoms with Crippen LogP contribution >= 0.6 is 0 Å². The first-order valence-electron chi connectivity index (χ1n) is 3.90. The molecule has 0 N–H and O–H groups in total. The van der Waals surface area contributed by atoms with E-state index in [4.69, 9.17) is 9.47 Å². The maximum absolute atomic E-state index is 5.37. The van der Waals surface area contributed by atoms with Crippen molar-refractivity contribution >= 4 is 0 Å². The molecular weight excluding hydrogens is 154 g/mol. The highest BCUT2D eigenvalue weighted by atomic mass is 16.5. The molecule has 0 unspecified atom stereocenters. The molecule has 0 saturated heterocycles. The van der Waals surface area contributed by atoms with E-state index in [2.05, 4.69) is 4.98 Å². The molecule has 0 saturated carbocycles. The number of rotatable bonds is 3. The maximum atomic E-state index is 5.37. The molecule has 0 aliphatic rings. The first-order valence-corrected chi connectivity index (χ1v) is 3.90. The van der Waals surface area contributed by atoms with Crippen LogP contribution < -0.4 is 9.47 Å². The molecule has 0 radical (unpaired) electrons. The second-order valence-corrected chi connectivity index (χ2v) is 2.68. The summed E-state index contributed by atoms with van der Waals surface area (Å²) in [6.07, 6.45) is 0.143. The fraction of sp³-hybridized carbons (Fsp3) is 0.444. The van der Waals surface area contributed by atoms with Gasteiger partial charge in [-0.15, -0.1) is 0 Å². The first-order chi connectivity index (χ1) is 5.72. The van der Waals surface area contributed by atoms with E-state index in [-0.39, 0.29) is 6.10 Å². The van der Waals surface area contributed by atoms with Gasteiger partial charge in [0.1, 0.15) is 0 Å². The van der Waals surface area contributed by atoms with Crippen LogP contribution in [0.3, 0.4) is 0 Å². The standard InChI is InChI=1S/C9H13NO2/c1-7(2)12-9-6-4-5-8(10-9)11-3/h4-7H,1-3H3. The lowest BCUT2D eigenvalue weighted by molar-refractivity contribution is 0.229. The van der Waals surface area contributed by atoms with E-state index < -0.39 is 0 Å². The third-order valence-electron chi connectivity index (χ3n) is 1.26. The molecule has 0 aromatic carbocycles. The van der Waals surface area contributed by atoms with Crippen LogP contribution in [0.5, 0.6) is 11.8 Å². The molecule has 3 nitrogen and oxygen atoms in total. The molecule has 0 bridgehead atoms. The minimum Gasteiger partial charge on any atom is -0.481 e. The minimum absolute atomic E-state index is 0.143. The highest BCUT2D eigenvalue weighted by Gasteiger charge is 1.99. The summed E-state index contributed by atoms with van der Waals surface area (Å²) in [6.45, 7) is 3.92. The van der Waals surface area contributed by atoms with E-state index in [9.17, 15) is 0 Å². The molecule has 12 heavy (non-hydrogen) atoms. The summed E-state index contributed by atoms with van der Waals surface area (Å²) in [5, 5.41) is 0. The molecule has 0 aliphatic carbocycles. The monoisotopic (exact) mass is 167 g/mol. The van der Waals surface area contributed by atoms with Crippen molar-refractivity contribution in [2.24, 2.45) is 0 Å². The van der Waals surface area contributed by atoms with Gasteiger partial charge >= 0.3 is 0 Å². The summed E-state index contributed by atoms with van der Waals surface area (Å²) in [5.41, 5.74) is 0. The van der Waals surface area contributed by atoms with Crippen LogP contribution in [-0.2, 0) is 0 Å². The lowest BCUT2D eigenvalue weighted by Gasteiger charge is -2.08. The smallest absolute Gasteiger partial charge is 0.216 e. The predicted molar refractivity (Wildman–Crippen MR) is 46.6 cm³/mol. The van der Waals surface area contributed by atoms with Crippen LogP contribution in [-0.4, -0.2) is 18.2 Å². The minimum atomic E-state index is 0.143. The zero-order chi connectivity index (χ0) is 8.97. The quantitative estimate of drug-likeness (QED) is 0.688. The Bertz CT molecular complexity index is 248. The van der Waals surface area contributed by atoms with Gasteiger partial charge in [0, 0.05) is 12.1 Å². The number of pyridine rings is 1. The molecule has 1 rings (SSSR count). The van der Waals surface area contributed by atoms with Gasteiger partial charge in [-0.3, -0.25) is 0 Å². The number of methoxy groups -OCH3 is 1. The number of hydrogen-bond acceptors (Lipinski definition) is 3. The van der Waals surface area contributed by atoms with Gasteiger partial charge in [-0.2, -0.15) is 4.98 Å². The molecule has 0 amide bonds. The highest BCUT2D eigenvalue weighted by molar-refractivity contribution is 5.19. The second kappa shape index (κ2) is 3.95. The van der Waals surface area contributed by atoms with Gasteiger partial charge in [0.25, 0.3) is 0 Å². The summed E-state index contributed by atoms with van der Waals surface area (Å²) in [4.78, 5) is 4.09. The van der Waals surface area contributed by atoms with Gasteiger partial charge in [-0.25, -0.2) is 0 Å². The Morgan fingerprint density at radius 2 is 1.92 bits per heavy atom. The normalized spacial score (nSPS) is 10.0. The van der Waals surface area contributed by atoms with E-state index in [0.29, 0.717) is 11.8 Å². The van der Waals surface area contributed by atoms with E-state index in [1.807, 2.05) is 26.0 Å². The van der Waals surface area contributed by atoms with Crippen molar-refractivity contribution in [3.63, 3.8) is 0 Å². The predicted octanol–water partition coefficient (Wildman–Crippen LogP) is 1.88. The van der Waals surface area contributed by atoms with Crippen LogP contribution in [0.2, 0.25) is 0 Å². The van der Waals surface area contributed by atoms with Crippen molar-refractivity contribution in [1.82, 2.24) is 4.98 Å². The van der Waals surface area contributed by atoms with Gasteiger partial charge in [0.2, 0.25) is 11.8 Å². The number of ether oxygens (including phenoxy) is 2. The third-order valence-corrected chi connectivity index (χ3v) is 1.26. The molecule has 66 valence electrons. The Kier molecular flexibility index (Phi) is 2.91. The second-order valence-electron chi connectivity index (χ2n) is 2.68. The average Bonchev–Trinajstić information content (AvgIpc) is 2.03. The van der Waals surface area contributed by atoms with Crippen molar-refractivity contribution in [3.05, 3.63) is 18.2 Å². The molecule has 1 heterocycles. The van der Waals surface area contributed by atoms with E-state index >= 15 is 0 Å². The summed E-state index contributed by atoms with van der Waals surface area (Å²) < 4.78 is 10.3.